The van der Waals surface area contributed by atoms with Gasteiger partial charge in [-0.2, -0.15) is 0 Å². The van der Waals surface area contributed by atoms with Gasteiger partial charge in [0.25, 0.3) is 5.91 Å². The van der Waals surface area contributed by atoms with E-state index in [-0.39, 0.29) is 11.2 Å². The van der Waals surface area contributed by atoms with Crippen molar-refractivity contribution >= 4 is 28.8 Å². The molecule has 2 aromatic heterocycles. The van der Waals surface area contributed by atoms with Crippen molar-refractivity contribution in [3.05, 3.63) is 47.6 Å². The molecule has 3 rings (SSSR count). The molecule has 0 bridgehead atoms. The Bertz CT molecular complexity index is 800. The van der Waals surface area contributed by atoms with Crippen LogP contribution in [-0.4, -0.2) is 32.6 Å². The van der Waals surface area contributed by atoms with Crippen LogP contribution in [0.3, 0.4) is 0 Å². The van der Waals surface area contributed by atoms with Crippen LogP contribution in [-0.2, 0) is 0 Å². The van der Waals surface area contributed by atoms with Crippen molar-refractivity contribution < 1.29 is 9.53 Å². The number of carbonyl (C=O) groups is 1. The Balaban J connectivity index is 1.89. The fraction of sp³-hybridized carbons (Fsp3) is 0.0769. The Morgan fingerprint density at radius 1 is 1.33 bits per heavy atom. The van der Waals surface area contributed by atoms with Crippen molar-refractivity contribution in [3.63, 3.8) is 0 Å². The maximum absolute atomic E-state index is 12.2. The van der Waals surface area contributed by atoms with Gasteiger partial charge in [0.1, 0.15) is 17.8 Å². The Hall–Kier alpha value is -2.67. The summed E-state index contributed by atoms with van der Waals surface area (Å²) in [7, 11) is 1.57. The summed E-state index contributed by atoms with van der Waals surface area (Å²) in [6, 6.07) is 6.75. The van der Waals surface area contributed by atoms with Gasteiger partial charge in [-0.3, -0.25) is 9.20 Å². The Kier molecular flexibility index (Phi) is 3.41. The van der Waals surface area contributed by atoms with Gasteiger partial charge in [0.15, 0.2) is 5.65 Å². The number of nitrogens with one attached hydrogen (secondary N) is 1. The molecule has 8 heteroatoms. The molecule has 106 valence electrons. The molecule has 0 saturated heterocycles. The number of anilines is 1. The lowest BCUT2D eigenvalue weighted by Crippen LogP contribution is -2.13. The average Bonchev–Trinajstić information content (AvgIpc) is 3.01. The topological polar surface area (TPSA) is 81.4 Å². The number of hydrogen-bond acceptors (Lipinski definition) is 5. The second-order valence-electron chi connectivity index (χ2n) is 4.15. The molecule has 0 fully saturated rings. The molecule has 21 heavy (non-hydrogen) atoms. The number of hydrogen-bond donors (Lipinski definition) is 1. The monoisotopic (exact) mass is 303 g/mol. The van der Waals surface area contributed by atoms with Crippen molar-refractivity contribution in [2.24, 2.45) is 0 Å². The third-order valence-corrected chi connectivity index (χ3v) is 3.17. The summed E-state index contributed by atoms with van der Waals surface area (Å²) < 4.78 is 6.53. The number of rotatable bonds is 3. The third kappa shape index (κ3) is 2.50. The molecule has 0 aliphatic heterocycles. The van der Waals surface area contributed by atoms with Crippen LogP contribution in [0.4, 0.5) is 5.69 Å². The van der Waals surface area contributed by atoms with Gasteiger partial charge >= 0.3 is 0 Å². The molecule has 1 amide bonds. The van der Waals surface area contributed by atoms with E-state index in [2.05, 4.69) is 20.5 Å². The predicted molar refractivity (Wildman–Crippen MR) is 76.7 cm³/mol. The first-order valence-electron chi connectivity index (χ1n) is 5.98. The van der Waals surface area contributed by atoms with Crippen molar-refractivity contribution in [1.29, 1.82) is 0 Å². The minimum Gasteiger partial charge on any atom is -0.497 e. The first-order valence-corrected chi connectivity index (χ1v) is 6.36. The summed E-state index contributed by atoms with van der Waals surface area (Å²) >= 11 is 5.90. The molecule has 0 aliphatic carbocycles. The fourth-order valence-electron chi connectivity index (χ4n) is 1.82. The number of methoxy groups -OCH3 is 1. The maximum Gasteiger partial charge on any atom is 0.255 e. The lowest BCUT2D eigenvalue weighted by Gasteiger charge is -2.07. The normalized spacial score (nSPS) is 10.6. The van der Waals surface area contributed by atoms with Crippen LogP contribution in [0, 0.1) is 0 Å². The molecular formula is C13H10ClN5O2. The summed E-state index contributed by atoms with van der Waals surface area (Å²) in [5.74, 6) is 0.395. The smallest absolute Gasteiger partial charge is 0.255 e. The van der Waals surface area contributed by atoms with Crippen molar-refractivity contribution in [2.75, 3.05) is 12.4 Å². The van der Waals surface area contributed by atoms with E-state index in [0.717, 1.165) is 0 Å². The standard InChI is InChI=1S/C13H10ClN5O2/c1-21-9-4-2-8(3-5-9)12(20)17-10-6-15-13(14)19-7-16-18-11(10)19/h2-7H,1H3,(H,17,20). The van der Waals surface area contributed by atoms with Crippen LogP contribution in [0.25, 0.3) is 5.65 Å². The summed E-state index contributed by atoms with van der Waals surface area (Å²) in [6.07, 6.45) is 2.86. The first-order chi connectivity index (χ1) is 10.2. The SMILES string of the molecule is COc1ccc(C(=O)Nc2cnc(Cl)n3cnnc23)cc1. The Labute approximate surface area is 124 Å². The first kappa shape index (κ1) is 13.3. The highest BCUT2D eigenvalue weighted by Crippen LogP contribution is 2.18. The van der Waals surface area contributed by atoms with E-state index in [9.17, 15) is 4.79 Å². The molecule has 0 saturated carbocycles. The van der Waals surface area contributed by atoms with Crippen LogP contribution < -0.4 is 10.1 Å². The Morgan fingerprint density at radius 2 is 2.10 bits per heavy atom. The second kappa shape index (κ2) is 5.37. The zero-order valence-electron chi connectivity index (χ0n) is 10.9. The molecule has 7 nitrogen and oxygen atoms in total. The zero-order valence-corrected chi connectivity index (χ0v) is 11.7. The number of halogens is 1. The number of ether oxygens (including phenoxy) is 1. The molecule has 1 N–H and O–H groups in total. The largest absolute Gasteiger partial charge is 0.497 e. The van der Waals surface area contributed by atoms with Crippen LogP contribution in [0.1, 0.15) is 10.4 Å². The lowest BCUT2D eigenvalue weighted by molar-refractivity contribution is 0.102. The number of carbonyl (C=O) groups excluding carboxylic acids is 1. The summed E-state index contributed by atoms with van der Waals surface area (Å²) in [5, 5.41) is 10.6. The minimum atomic E-state index is -0.285. The summed E-state index contributed by atoms with van der Waals surface area (Å²) in [4.78, 5) is 16.2. The number of benzene rings is 1. The molecule has 0 aliphatic rings. The van der Waals surface area contributed by atoms with Crippen molar-refractivity contribution in [1.82, 2.24) is 19.6 Å². The second-order valence-corrected chi connectivity index (χ2v) is 4.49. The highest BCUT2D eigenvalue weighted by molar-refractivity contribution is 6.28. The van der Waals surface area contributed by atoms with E-state index in [1.165, 1.54) is 16.9 Å². The van der Waals surface area contributed by atoms with Crippen LogP contribution >= 0.6 is 11.6 Å². The van der Waals surface area contributed by atoms with E-state index >= 15 is 0 Å². The highest BCUT2D eigenvalue weighted by Gasteiger charge is 2.12. The molecule has 0 spiro atoms. The van der Waals surface area contributed by atoms with Gasteiger partial charge in [-0.05, 0) is 35.9 Å². The van der Waals surface area contributed by atoms with E-state index in [1.807, 2.05) is 0 Å². The van der Waals surface area contributed by atoms with Gasteiger partial charge in [0.05, 0.1) is 13.3 Å². The van der Waals surface area contributed by atoms with Gasteiger partial charge in [-0.1, -0.05) is 0 Å². The van der Waals surface area contributed by atoms with E-state index in [1.54, 1.807) is 31.4 Å². The van der Waals surface area contributed by atoms with Gasteiger partial charge in [-0.25, -0.2) is 4.98 Å². The predicted octanol–water partition coefficient (Wildman–Crippen LogP) is 2.04. The number of aromatic nitrogens is 4. The summed E-state index contributed by atoms with van der Waals surface area (Å²) in [5.41, 5.74) is 1.35. The maximum atomic E-state index is 12.2. The van der Waals surface area contributed by atoms with Gasteiger partial charge in [-0.15, -0.1) is 10.2 Å². The Morgan fingerprint density at radius 3 is 2.81 bits per heavy atom. The van der Waals surface area contributed by atoms with Crippen molar-refractivity contribution in [2.45, 2.75) is 0 Å². The molecule has 0 unspecified atom stereocenters. The van der Waals surface area contributed by atoms with Crippen LogP contribution in [0.5, 0.6) is 5.75 Å². The van der Waals surface area contributed by atoms with Gasteiger partial charge < -0.3 is 10.1 Å². The molecule has 3 aromatic rings. The van der Waals surface area contributed by atoms with E-state index in [4.69, 9.17) is 16.3 Å². The molecule has 2 heterocycles. The van der Waals surface area contributed by atoms with Crippen LogP contribution in [0.15, 0.2) is 36.8 Å². The number of nitrogens with zero attached hydrogens (tertiary/aromatic N) is 4. The van der Waals surface area contributed by atoms with E-state index in [0.29, 0.717) is 22.6 Å². The van der Waals surface area contributed by atoms with Crippen LogP contribution in [0.2, 0.25) is 5.28 Å². The number of amides is 1. The quantitative estimate of drug-likeness (QED) is 0.749. The molecule has 0 radical (unpaired) electrons. The molecule has 1 aromatic carbocycles. The molecular weight excluding hydrogens is 294 g/mol. The summed E-state index contributed by atoms with van der Waals surface area (Å²) in [6.45, 7) is 0. The van der Waals surface area contributed by atoms with Crippen molar-refractivity contribution in [3.8, 4) is 5.75 Å². The lowest BCUT2D eigenvalue weighted by atomic mass is 10.2. The average molecular weight is 304 g/mol. The third-order valence-electron chi connectivity index (χ3n) is 2.89. The fourth-order valence-corrected chi connectivity index (χ4v) is 1.99. The minimum absolute atomic E-state index is 0.220. The van der Waals surface area contributed by atoms with Gasteiger partial charge in [0.2, 0.25) is 5.28 Å². The van der Waals surface area contributed by atoms with E-state index < -0.39 is 0 Å². The zero-order chi connectivity index (χ0) is 14.8. The highest BCUT2D eigenvalue weighted by atomic mass is 35.5. The molecule has 0 atom stereocenters. The van der Waals surface area contributed by atoms with Gasteiger partial charge in [0, 0.05) is 5.56 Å². The number of fused-ring (bicyclic) bond motifs is 1.